The number of rotatable bonds is 6. The SMILES string of the molecule is Cc1ccc(C)c(CN(CCO)CCO)c1.Cl. The van der Waals surface area contributed by atoms with E-state index in [0.717, 1.165) is 6.54 Å². The molecular formula is C13H22ClNO2. The van der Waals surface area contributed by atoms with Crippen LogP contribution in [0.2, 0.25) is 0 Å². The fraction of sp³-hybridized carbons (Fsp3) is 0.538. The predicted molar refractivity (Wildman–Crippen MR) is 72.6 cm³/mol. The average Bonchev–Trinajstić information content (AvgIpc) is 2.24. The van der Waals surface area contributed by atoms with Crippen LogP contribution in [0, 0.1) is 13.8 Å². The van der Waals surface area contributed by atoms with Gasteiger partial charge in [-0.25, -0.2) is 0 Å². The fourth-order valence-corrected chi connectivity index (χ4v) is 1.76. The van der Waals surface area contributed by atoms with Gasteiger partial charge < -0.3 is 10.2 Å². The molecule has 0 aliphatic carbocycles. The largest absolute Gasteiger partial charge is 0.395 e. The lowest BCUT2D eigenvalue weighted by molar-refractivity contribution is 0.155. The second kappa shape index (κ2) is 8.48. The molecule has 0 saturated carbocycles. The van der Waals surface area contributed by atoms with Crippen molar-refractivity contribution in [2.45, 2.75) is 20.4 Å². The third-order valence-electron chi connectivity index (χ3n) is 2.73. The zero-order valence-electron chi connectivity index (χ0n) is 10.5. The summed E-state index contributed by atoms with van der Waals surface area (Å²) in [7, 11) is 0. The predicted octanol–water partition coefficient (Wildman–Crippen LogP) is 1.51. The summed E-state index contributed by atoms with van der Waals surface area (Å²) in [4.78, 5) is 2.06. The summed E-state index contributed by atoms with van der Waals surface area (Å²) in [6, 6.07) is 6.37. The van der Waals surface area contributed by atoms with E-state index >= 15 is 0 Å². The number of halogens is 1. The molecule has 2 N–H and O–H groups in total. The van der Waals surface area contributed by atoms with E-state index < -0.39 is 0 Å². The third kappa shape index (κ3) is 5.50. The van der Waals surface area contributed by atoms with E-state index in [4.69, 9.17) is 10.2 Å². The van der Waals surface area contributed by atoms with Gasteiger partial charge in [-0.2, -0.15) is 0 Å². The van der Waals surface area contributed by atoms with Crippen molar-refractivity contribution in [1.29, 1.82) is 0 Å². The highest BCUT2D eigenvalue weighted by molar-refractivity contribution is 5.85. The van der Waals surface area contributed by atoms with Crippen molar-refractivity contribution < 1.29 is 10.2 Å². The quantitative estimate of drug-likeness (QED) is 0.814. The molecule has 3 nitrogen and oxygen atoms in total. The van der Waals surface area contributed by atoms with Crippen LogP contribution in [-0.2, 0) is 6.54 Å². The summed E-state index contributed by atoms with van der Waals surface area (Å²) in [5.74, 6) is 0. The highest BCUT2D eigenvalue weighted by Gasteiger charge is 2.06. The van der Waals surface area contributed by atoms with E-state index in [0.29, 0.717) is 13.1 Å². The van der Waals surface area contributed by atoms with Crippen molar-refractivity contribution in [1.82, 2.24) is 4.90 Å². The minimum absolute atomic E-state index is 0. The monoisotopic (exact) mass is 259 g/mol. The van der Waals surface area contributed by atoms with Crippen LogP contribution >= 0.6 is 12.4 Å². The topological polar surface area (TPSA) is 43.7 Å². The van der Waals surface area contributed by atoms with E-state index in [2.05, 4.69) is 36.9 Å². The van der Waals surface area contributed by atoms with E-state index in [1.807, 2.05) is 0 Å². The first-order valence-electron chi connectivity index (χ1n) is 5.67. The molecule has 0 aromatic heterocycles. The minimum Gasteiger partial charge on any atom is -0.395 e. The molecule has 0 fully saturated rings. The Morgan fingerprint density at radius 2 is 1.65 bits per heavy atom. The number of nitrogens with zero attached hydrogens (tertiary/aromatic N) is 1. The molecule has 0 aliphatic rings. The van der Waals surface area contributed by atoms with Gasteiger partial charge in [-0.3, -0.25) is 4.90 Å². The standard InChI is InChI=1S/C13H21NO2.ClH/c1-11-3-4-12(2)13(9-11)10-14(5-7-15)6-8-16;/h3-4,9,15-16H,5-8,10H2,1-2H3;1H. The van der Waals surface area contributed by atoms with Crippen LogP contribution < -0.4 is 0 Å². The molecule has 0 amide bonds. The summed E-state index contributed by atoms with van der Waals surface area (Å²) in [6.07, 6.45) is 0. The number of benzene rings is 1. The fourth-order valence-electron chi connectivity index (χ4n) is 1.76. The van der Waals surface area contributed by atoms with Crippen LogP contribution in [0.3, 0.4) is 0 Å². The smallest absolute Gasteiger partial charge is 0.0558 e. The molecule has 0 bridgehead atoms. The second-order valence-electron chi connectivity index (χ2n) is 4.15. The molecule has 0 atom stereocenters. The molecule has 98 valence electrons. The molecule has 0 aliphatic heterocycles. The van der Waals surface area contributed by atoms with Crippen LogP contribution in [0.1, 0.15) is 16.7 Å². The first-order chi connectivity index (χ1) is 7.67. The van der Waals surface area contributed by atoms with Gasteiger partial charge in [-0.15, -0.1) is 12.4 Å². The second-order valence-corrected chi connectivity index (χ2v) is 4.15. The van der Waals surface area contributed by atoms with Crippen LogP contribution in [0.15, 0.2) is 18.2 Å². The molecule has 4 heteroatoms. The summed E-state index contributed by atoms with van der Waals surface area (Å²) in [5.41, 5.74) is 3.77. The van der Waals surface area contributed by atoms with Gasteiger partial charge in [0.2, 0.25) is 0 Å². The third-order valence-corrected chi connectivity index (χ3v) is 2.73. The zero-order valence-corrected chi connectivity index (χ0v) is 11.3. The zero-order chi connectivity index (χ0) is 12.0. The number of aliphatic hydroxyl groups is 2. The van der Waals surface area contributed by atoms with Crippen LogP contribution in [-0.4, -0.2) is 41.4 Å². The molecule has 17 heavy (non-hydrogen) atoms. The minimum atomic E-state index is 0. The number of aliphatic hydroxyl groups excluding tert-OH is 2. The first kappa shape index (κ1) is 16.4. The van der Waals surface area contributed by atoms with Crippen molar-refractivity contribution in [3.05, 3.63) is 34.9 Å². The van der Waals surface area contributed by atoms with E-state index in [1.54, 1.807) is 0 Å². The Hall–Kier alpha value is -0.610. The normalized spacial score (nSPS) is 10.4. The van der Waals surface area contributed by atoms with Crippen molar-refractivity contribution in [2.24, 2.45) is 0 Å². The van der Waals surface area contributed by atoms with Crippen molar-refractivity contribution in [3.8, 4) is 0 Å². The Labute approximate surface area is 109 Å². The Kier molecular flexibility index (Phi) is 8.17. The highest BCUT2D eigenvalue weighted by Crippen LogP contribution is 2.13. The van der Waals surface area contributed by atoms with E-state index in [9.17, 15) is 0 Å². The van der Waals surface area contributed by atoms with Gasteiger partial charge in [0.1, 0.15) is 0 Å². The maximum atomic E-state index is 8.94. The molecule has 0 saturated heterocycles. The summed E-state index contributed by atoms with van der Waals surface area (Å²) < 4.78 is 0. The van der Waals surface area contributed by atoms with E-state index in [-0.39, 0.29) is 25.6 Å². The van der Waals surface area contributed by atoms with Gasteiger partial charge >= 0.3 is 0 Å². The maximum absolute atomic E-state index is 8.94. The van der Waals surface area contributed by atoms with Crippen LogP contribution in [0.4, 0.5) is 0 Å². The van der Waals surface area contributed by atoms with Crippen LogP contribution in [0.5, 0.6) is 0 Å². The Bertz CT molecular complexity index is 325. The lowest BCUT2D eigenvalue weighted by Gasteiger charge is -2.21. The number of hydrogen-bond acceptors (Lipinski definition) is 3. The summed E-state index contributed by atoms with van der Waals surface area (Å²) >= 11 is 0. The van der Waals surface area contributed by atoms with Gasteiger partial charge in [0.25, 0.3) is 0 Å². The van der Waals surface area contributed by atoms with Gasteiger partial charge in [-0.05, 0) is 25.0 Å². The Morgan fingerprint density at radius 1 is 1.06 bits per heavy atom. The van der Waals surface area contributed by atoms with Gasteiger partial charge in [-0.1, -0.05) is 23.8 Å². The molecule has 0 spiro atoms. The van der Waals surface area contributed by atoms with Gasteiger partial charge in [0.15, 0.2) is 0 Å². The molecular weight excluding hydrogens is 238 g/mol. The summed E-state index contributed by atoms with van der Waals surface area (Å²) in [6.45, 7) is 6.42. The van der Waals surface area contributed by atoms with Crippen LogP contribution in [0.25, 0.3) is 0 Å². The summed E-state index contributed by atoms with van der Waals surface area (Å²) in [5, 5.41) is 17.9. The lowest BCUT2D eigenvalue weighted by Crippen LogP contribution is -2.29. The van der Waals surface area contributed by atoms with E-state index in [1.165, 1.54) is 16.7 Å². The van der Waals surface area contributed by atoms with Gasteiger partial charge in [0, 0.05) is 19.6 Å². The average molecular weight is 260 g/mol. The number of hydrogen-bond donors (Lipinski definition) is 2. The van der Waals surface area contributed by atoms with Crippen molar-refractivity contribution in [3.63, 3.8) is 0 Å². The lowest BCUT2D eigenvalue weighted by atomic mass is 10.1. The van der Waals surface area contributed by atoms with Gasteiger partial charge in [0.05, 0.1) is 13.2 Å². The van der Waals surface area contributed by atoms with Crippen molar-refractivity contribution >= 4 is 12.4 Å². The molecule has 1 aromatic carbocycles. The molecule has 0 unspecified atom stereocenters. The van der Waals surface area contributed by atoms with Crippen molar-refractivity contribution in [2.75, 3.05) is 26.3 Å². The highest BCUT2D eigenvalue weighted by atomic mass is 35.5. The molecule has 1 aromatic rings. The molecule has 0 heterocycles. The maximum Gasteiger partial charge on any atom is 0.0558 e. The first-order valence-corrected chi connectivity index (χ1v) is 5.67. The molecule has 1 rings (SSSR count). The Morgan fingerprint density at radius 3 is 2.18 bits per heavy atom. The number of aryl methyl sites for hydroxylation is 2. The Balaban J connectivity index is 0.00000256. The molecule has 0 radical (unpaired) electrons.